The molecule has 2 rings (SSSR count). The van der Waals surface area contributed by atoms with Gasteiger partial charge in [-0.3, -0.25) is 0 Å². The van der Waals surface area contributed by atoms with E-state index in [1.807, 2.05) is 0 Å². The maximum atomic E-state index is 3.76. The Morgan fingerprint density at radius 1 is 1.12 bits per heavy atom. The smallest absolute Gasteiger partial charge is 0.0107 e. The quantitative estimate of drug-likeness (QED) is 0.792. The number of likely N-dealkylation sites (tertiary alicyclic amines) is 1. The zero-order valence-corrected chi connectivity index (χ0v) is 11.8. The minimum Gasteiger partial charge on any atom is -0.313 e. The van der Waals surface area contributed by atoms with E-state index in [1.54, 1.807) is 0 Å². The van der Waals surface area contributed by atoms with Gasteiger partial charge in [0.15, 0.2) is 0 Å². The van der Waals surface area contributed by atoms with Crippen molar-refractivity contribution in [3.63, 3.8) is 0 Å². The second-order valence-electron chi connectivity index (χ2n) is 6.26. The van der Waals surface area contributed by atoms with Crippen LogP contribution in [-0.4, -0.2) is 37.1 Å². The molecule has 2 aliphatic rings. The molecule has 0 aromatic carbocycles. The topological polar surface area (TPSA) is 15.3 Å². The highest BCUT2D eigenvalue weighted by Crippen LogP contribution is 2.27. The molecule has 2 nitrogen and oxygen atoms in total. The highest BCUT2D eigenvalue weighted by Gasteiger charge is 2.22. The van der Waals surface area contributed by atoms with Crippen LogP contribution in [0.3, 0.4) is 0 Å². The zero-order chi connectivity index (χ0) is 12.1. The van der Waals surface area contributed by atoms with Gasteiger partial charge in [0.05, 0.1) is 0 Å². The van der Waals surface area contributed by atoms with E-state index in [2.05, 4.69) is 24.1 Å². The molecule has 2 fully saturated rings. The van der Waals surface area contributed by atoms with Gasteiger partial charge in [0.1, 0.15) is 0 Å². The lowest BCUT2D eigenvalue weighted by Crippen LogP contribution is -2.39. The first kappa shape index (κ1) is 13.4. The van der Waals surface area contributed by atoms with Crippen LogP contribution in [0.2, 0.25) is 0 Å². The fraction of sp³-hybridized carbons (Fsp3) is 1.00. The SMILES string of the molecule is CCC1CCC(NCCN2CCC(C)CC2)C1. The Hall–Kier alpha value is -0.0800. The molecule has 1 aliphatic heterocycles. The third kappa shape index (κ3) is 4.26. The molecular weight excluding hydrogens is 208 g/mol. The predicted octanol–water partition coefficient (Wildman–Crippen LogP) is 2.89. The van der Waals surface area contributed by atoms with Crippen LogP contribution in [0.5, 0.6) is 0 Å². The summed E-state index contributed by atoms with van der Waals surface area (Å²) in [5.74, 6) is 1.96. The summed E-state index contributed by atoms with van der Waals surface area (Å²) in [6, 6.07) is 0.823. The molecule has 0 amide bonds. The fourth-order valence-corrected chi connectivity index (χ4v) is 3.34. The normalized spacial score (nSPS) is 32.1. The van der Waals surface area contributed by atoms with E-state index in [4.69, 9.17) is 0 Å². The number of nitrogens with one attached hydrogen (secondary N) is 1. The van der Waals surface area contributed by atoms with Crippen molar-refractivity contribution in [3.8, 4) is 0 Å². The lowest BCUT2D eigenvalue weighted by molar-refractivity contribution is 0.191. The van der Waals surface area contributed by atoms with Gasteiger partial charge in [-0.05, 0) is 57.0 Å². The summed E-state index contributed by atoms with van der Waals surface area (Å²) in [5, 5.41) is 3.76. The van der Waals surface area contributed by atoms with E-state index < -0.39 is 0 Å². The maximum Gasteiger partial charge on any atom is 0.0107 e. The number of piperidine rings is 1. The molecule has 0 aromatic rings. The van der Waals surface area contributed by atoms with E-state index in [9.17, 15) is 0 Å². The first-order chi connectivity index (χ1) is 8.28. The summed E-state index contributed by atoms with van der Waals surface area (Å²) in [6.45, 7) is 9.84. The predicted molar refractivity (Wildman–Crippen MR) is 74.3 cm³/mol. The van der Waals surface area contributed by atoms with E-state index in [1.165, 1.54) is 64.7 Å². The van der Waals surface area contributed by atoms with Gasteiger partial charge in [-0.1, -0.05) is 20.3 Å². The van der Waals surface area contributed by atoms with Gasteiger partial charge in [-0.25, -0.2) is 0 Å². The number of hydrogen-bond acceptors (Lipinski definition) is 2. The first-order valence-corrected chi connectivity index (χ1v) is 7.73. The first-order valence-electron chi connectivity index (χ1n) is 7.73. The Morgan fingerprint density at radius 3 is 2.53 bits per heavy atom. The van der Waals surface area contributed by atoms with Crippen molar-refractivity contribution in [2.75, 3.05) is 26.2 Å². The van der Waals surface area contributed by atoms with Crippen LogP contribution < -0.4 is 5.32 Å². The van der Waals surface area contributed by atoms with Gasteiger partial charge in [-0.15, -0.1) is 0 Å². The fourth-order valence-electron chi connectivity index (χ4n) is 3.34. The van der Waals surface area contributed by atoms with Crippen molar-refractivity contribution in [2.45, 2.75) is 58.4 Å². The van der Waals surface area contributed by atoms with Crippen LogP contribution in [0, 0.1) is 11.8 Å². The average molecular weight is 238 g/mol. The van der Waals surface area contributed by atoms with Gasteiger partial charge < -0.3 is 10.2 Å². The molecule has 1 heterocycles. The van der Waals surface area contributed by atoms with Crippen LogP contribution >= 0.6 is 0 Å². The molecule has 2 heteroatoms. The lowest BCUT2D eigenvalue weighted by atomic mass is 9.99. The second-order valence-corrected chi connectivity index (χ2v) is 6.26. The van der Waals surface area contributed by atoms with Crippen molar-refractivity contribution in [1.29, 1.82) is 0 Å². The van der Waals surface area contributed by atoms with Crippen molar-refractivity contribution < 1.29 is 0 Å². The molecule has 2 unspecified atom stereocenters. The molecule has 1 saturated heterocycles. The summed E-state index contributed by atoms with van der Waals surface area (Å²) in [7, 11) is 0. The molecule has 0 bridgehead atoms. The molecule has 1 aliphatic carbocycles. The molecule has 0 spiro atoms. The van der Waals surface area contributed by atoms with E-state index in [-0.39, 0.29) is 0 Å². The van der Waals surface area contributed by atoms with Crippen LogP contribution in [-0.2, 0) is 0 Å². The molecule has 0 aromatic heterocycles. The summed E-state index contributed by atoms with van der Waals surface area (Å²) < 4.78 is 0. The third-order valence-electron chi connectivity index (χ3n) is 4.86. The van der Waals surface area contributed by atoms with Crippen LogP contribution in [0.25, 0.3) is 0 Å². The molecule has 0 radical (unpaired) electrons. The Balaban J connectivity index is 1.54. The van der Waals surface area contributed by atoms with E-state index >= 15 is 0 Å². The summed E-state index contributed by atoms with van der Waals surface area (Å²) in [6.07, 6.45) is 8.48. The monoisotopic (exact) mass is 238 g/mol. The van der Waals surface area contributed by atoms with Gasteiger partial charge in [0, 0.05) is 19.1 Å². The van der Waals surface area contributed by atoms with Gasteiger partial charge in [0.25, 0.3) is 0 Å². The van der Waals surface area contributed by atoms with Gasteiger partial charge in [-0.2, -0.15) is 0 Å². The highest BCUT2D eigenvalue weighted by molar-refractivity contribution is 4.80. The summed E-state index contributed by atoms with van der Waals surface area (Å²) in [4.78, 5) is 2.64. The standard InChI is InChI=1S/C15H30N2/c1-3-14-4-5-15(12-14)16-8-11-17-9-6-13(2)7-10-17/h13-16H,3-12H2,1-2H3. The van der Waals surface area contributed by atoms with Crippen LogP contribution in [0.4, 0.5) is 0 Å². The number of hydrogen-bond donors (Lipinski definition) is 1. The minimum atomic E-state index is 0.823. The summed E-state index contributed by atoms with van der Waals surface area (Å²) >= 11 is 0. The van der Waals surface area contributed by atoms with Crippen molar-refractivity contribution in [2.24, 2.45) is 11.8 Å². The van der Waals surface area contributed by atoms with Crippen molar-refractivity contribution >= 4 is 0 Å². The average Bonchev–Trinajstić information content (AvgIpc) is 2.80. The largest absolute Gasteiger partial charge is 0.313 e. The van der Waals surface area contributed by atoms with Crippen molar-refractivity contribution in [3.05, 3.63) is 0 Å². The Labute approximate surface area is 107 Å². The minimum absolute atomic E-state index is 0.823. The van der Waals surface area contributed by atoms with E-state index in [0.29, 0.717) is 0 Å². The molecule has 1 N–H and O–H groups in total. The number of rotatable bonds is 5. The van der Waals surface area contributed by atoms with Gasteiger partial charge in [0.2, 0.25) is 0 Å². The summed E-state index contributed by atoms with van der Waals surface area (Å²) in [5.41, 5.74) is 0. The second kappa shape index (κ2) is 6.75. The molecule has 17 heavy (non-hydrogen) atoms. The van der Waals surface area contributed by atoms with E-state index in [0.717, 1.165) is 17.9 Å². The third-order valence-corrected chi connectivity index (χ3v) is 4.86. The molecule has 1 saturated carbocycles. The van der Waals surface area contributed by atoms with Gasteiger partial charge >= 0.3 is 0 Å². The number of nitrogens with zero attached hydrogens (tertiary/aromatic N) is 1. The zero-order valence-electron chi connectivity index (χ0n) is 11.8. The maximum absolute atomic E-state index is 3.76. The lowest BCUT2D eigenvalue weighted by Gasteiger charge is -2.30. The molecule has 2 atom stereocenters. The Morgan fingerprint density at radius 2 is 1.88 bits per heavy atom. The van der Waals surface area contributed by atoms with Crippen molar-refractivity contribution in [1.82, 2.24) is 10.2 Å². The molecular formula is C15H30N2. The molecule has 100 valence electrons. The van der Waals surface area contributed by atoms with Crippen LogP contribution in [0.15, 0.2) is 0 Å². The Bertz CT molecular complexity index is 207. The Kier molecular flexibility index (Phi) is 5.30. The van der Waals surface area contributed by atoms with Crippen LogP contribution in [0.1, 0.15) is 52.4 Å². The highest BCUT2D eigenvalue weighted by atomic mass is 15.1.